The normalized spacial score (nSPS) is 12.6. The summed E-state index contributed by atoms with van der Waals surface area (Å²) in [6, 6.07) is 9.84. The van der Waals surface area contributed by atoms with Gasteiger partial charge < -0.3 is 4.74 Å². The summed E-state index contributed by atoms with van der Waals surface area (Å²) >= 11 is 5.68. The minimum Gasteiger partial charge on any atom is -0.366 e. The molecule has 0 aliphatic rings. The first-order valence-corrected chi connectivity index (χ1v) is 5.43. The van der Waals surface area contributed by atoms with Gasteiger partial charge in [-0.25, -0.2) is 0 Å². The Morgan fingerprint density at radius 1 is 1.38 bits per heavy atom. The van der Waals surface area contributed by atoms with Crippen molar-refractivity contribution in [2.75, 3.05) is 6.61 Å². The van der Waals surface area contributed by atoms with Gasteiger partial charge >= 0.3 is 0 Å². The lowest BCUT2D eigenvalue weighted by Gasteiger charge is -2.14. The van der Waals surface area contributed by atoms with Crippen LogP contribution < -0.4 is 0 Å². The molecule has 0 amide bonds. The molecule has 0 aliphatic carbocycles. The largest absolute Gasteiger partial charge is 0.366 e. The molecule has 0 saturated carbocycles. The number of nitrogens with one attached hydrogen (secondary N) is 1. The molecule has 0 fully saturated rings. The summed E-state index contributed by atoms with van der Waals surface area (Å²) in [5.41, 5.74) is 1.03. The quantitative estimate of drug-likeness (QED) is 0.889. The van der Waals surface area contributed by atoms with Crippen molar-refractivity contribution in [3.8, 4) is 0 Å². The molecule has 1 aromatic carbocycles. The number of benzene rings is 1. The fourth-order valence-corrected chi connectivity index (χ4v) is 1.63. The first kappa shape index (κ1) is 11.1. The SMILES string of the molecule is CCOC(c1ccccc1)c1nc(Cl)n[nH]1. The summed E-state index contributed by atoms with van der Waals surface area (Å²) in [5, 5.41) is 6.77. The Labute approximate surface area is 98.6 Å². The Hall–Kier alpha value is -1.39. The second-order valence-electron chi connectivity index (χ2n) is 3.24. The van der Waals surface area contributed by atoms with Gasteiger partial charge in [0.25, 0.3) is 0 Å². The van der Waals surface area contributed by atoms with Crippen LogP contribution in [0.4, 0.5) is 0 Å². The lowest BCUT2D eigenvalue weighted by Crippen LogP contribution is -2.08. The van der Waals surface area contributed by atoms with Crippen molar-refractivity contribution in [2.24, 2.45) is 0 Å². The zero-order valence-electron chi connectivity index (χ0n) is 8.85. The summed E-state index contributed by atoms with van der Waals surface area (Å²) in [6.45, 7) is 2.53. The van der Waals surface area contributed by atoms with E-state index in [2.05, 4.69) is 15.2 Å². The van der Waals surface area contributed by atoms with Gasteiger partial charge in [0.05, 0.1) is 0 Å². The second kappa shape index (κ2) is 5.09. The highest BCUT2D eigenvalue weighted by atomic mass is 35.5. The third-order valence-electron chi connectivity index (χ3n) is 2.16. The van der Waals surface area contributed by atoms with Crippen molar-refractivity contribution < 1.29 is 4.74 Å². The predicted molar refractivity (Wildman–Crippen MR) is 61.3 cm³/mol. The Bertz CT molecular complexity index is 444. The zero-order valence-corrected chi connectivity index (χ0v) is 9.61. The van der Waals surface area contributed by atoms with Crippen LogP contribution in [0.1, 0.15) is 24.4 Å². The Kier molecular flexibility index (Phi) is 3.54. The molecule has 0 bridgehead atoms. The van der Waals surface area contributed by atoms with Crippen LogP contribution in [0.2, 0.25) is 5.28 Å². The van der Waals surface area contributed by atoms with Crippen LogP contribution in [-0.2, 0) is 4.74 Å². The van der Waals surface area contributed by atoms with E-state index in [1.165, 1.54) is 0 Å². The summed E-state index contributed by atoms with van der Waals surface area (Å²) < 4.78 is 5.64. The van der Waals surface area contributed by atoms with Gasteiger partial charge in [-0.1, -0.05) is 30.3 Å². The molecule has 2 aromatic rings. The molecule has 84 valence electrons. The van der Waals surface area contributed by atoms with E-state index in [0.717, 1.165) is 5.56 Å². The summed E-state index contributed by atoms with van der Waals surface area (Å²) in [7, 11) is 0. The van der Waals surface area contributed by atoms with E-state index in [1.807, 2.05) is 37.3 Å². The van der Waals surface area contributed by atoms with E-state index in [9.17, 15) is 0 Å². The van der Waals surface area contributed by atoms with Crippen molar-refractivity contribution in [3.63, 3.8) is 0 Å². The molecule has 2 rings (SSSR count). The molecule has 0 spiro atoms. The molecule has 1 unspecified atom stereocenters. The van der Waals surface area contributed by atoms with Crippen LogP contribution in [-0.4, -0.2) is 21.8 Å². The van der Waals surface area contributed by atoms with Gasteiger partial charge in [-0.2, -0.15) is 4.98 Å². The molecule has 1 atom stereocenters. The Morgan fingerprint density at radius 2 is 2.12 bits per heavy atom. The minimum atomic E-state index is -0.244. The number of rotatable bonds is 4. The topological polar surface area (TPSA) is 50.8 Å². The van der Waals surface area contributed by atoms with Gasteiger partial charge in [-0.3, -0.25) is 5.10 Å². The maximum absolute atomic E-state index is 5.68. The van der Waals surface area contributed by atoms with E-state index in [4.69, 9.17) is 16.3 Å². The molecule has 0 saturated heterocycles. The Morgan fingerprint density at radius 3 is 2.69 bits per heavy atom. The number of aromatic nitrogens is 3. The van der Waals surface area contributed by atoms with Crippen LogP contribution in [0.5, 0.6) is 0 Å². The molecule has 1 aromatic heterocycles. The molecular formula is C11H12ClN3O. The third kappa shape index (κ3) is 2.40. The molecule has 5 heteroatoms. The van der Waals surface area contributed by atoms with Gasteiger partial charge in [-0.05, 0) is 24.1 Å². The average molecular weight is 238 g/mol. The van der Waals surface area contributed by atoms with Gasteiger partial charge in [0, 0.05) is 6.61 Å². The van der Waals surface area contributed by atoms with Crippen molar-refractivity contribution in [3.05, 3.63) is 47.0 Å². The van der Waals surface area contributed by atoms with Crippen LogP contribution in [0.15, 0.2) is 30.3 Å². The summed E-state index contributed by atoms with van der Waals surface area (Å²) in [6.07, 6.45) is -0.244. The van der Waals surface area contributed by atoms with Crippen LogP contribution >= 0.6 is 11.6 Å². The van der Waals surface area contributed by atoms with Crippen molar-refractivity contribution in [1.82, 2.24) is 15.2 Å². The highest BCUT2D eigenvalue weighted by Crippen LogP contribution is 2.23. The zero-order chi connectivity index (χ0) is 11.4. The molecular weight excluding hydrogens is 226 g/mol. The van der Waals surface area contributed by atoms with Gasteiger partial charge in [0.1, 0.15) is 6.10 Å². The average Bonchev–Trinajstić information content (AvgIpc) is 2.74. The number of aromatic amines is 1. The highest BCUT2D eigenvalue weighted by Gasteiger charge is 2.17. The second-order valence-corrected chi connectivity index (χ2v) is 3.57. The molecule has 1 heterocycles. The number of halogens is 1. The van der Waals surface area contributed by atoms with Crippen LogP contribution in [0.3, 0.4) is 0 Å². The number of nitrogens with zero attached hydrogens (tertiary/aromatic N) is 2. The van der Waals surface area contributed by atoms with E-state index in [0.29, 0.717) is 12.4 Å². The third-order valence-corrected chi connectivity index (χ3v) is 2.33. The molecule has 0 radical (unpaired) electrons. The van der Waals surface area contributed by atoms with E-state index < -0.39 is 0 Å². The monoisotopic (exact) mass is 237 g/mol. The smallest absolute Gasteiger partial charge is 0.242 e. The fourth-order valence-electron chi connectivity index (χ4n) is 1.50. The van der Waals surface area contributed by atoms with Crippen molar-refractivity contribution in [1.29, 1.82) is 0 Å². The van der Waals surface area contributed by atoms with Gasteiger partial charge in [0.15, 0.2) is 5.82 Å². The maximum Gasteiger partial charge on any atom is 0.242 e. The number of ether oxygens (including phenoxy) is 1. The van der Waals surface area contributed by atoms with E-state index in [1.54, 1.807) is 0 Å². The fraction of sp³-hybridized carbons (Fsp3) is 0.273. The first-order valence-electron chi connectivity index (χ1n) is 5.05. The summed E-state index contributed by atoms with van der Waals surface area (Å²) in [4.78, 5) is 4.08. The molecule has 16 heavy (non-hydrogen) atoms. The predicted octanol–water partition coefficient (Wildman–Crippen LogP) is 2.58. The van der Waals surface area contributed by atoms with Crippen LogP contribution in [0.25, 0.3) is 0 Å². The maximum atomic E-state index is 5.68. The number of H-pyrrole nitrogens is 1. The highest BCUT2D eigenvalue weighted by molar-refractivity contribution is 6.28. The number of hydrogen-bond acceptors (Lipinski definition) is 3. The molecule has 0 aliphatic heterocycles. The lowest BCUT2D eigenvalue weighted by molar-refractivity contribution is 0.0854. The van der Waals surface area contributed by atoms with Crippen LogP contribution in [0, 0.1) is 0 Å². The van der Waals surface area contributed by atoms with Crippen molar-refractivity contribution >= 4 is 11.6 Å². The molecule has 4 nitrogen and oxygen atoms in total. The van der Waals surface area contributed by atoms with Crippen molar-refractivity contribution in [2.45, 2.75) is 13.0 Å². The number of hydrogen-bond donors (Lipinski definition) is 1. The first-order chi connectivity index (χ1) is 7.81. The summed E-state index contributed by atoms with van der Waals surface area (Å²) in [5.74, 6) is 0.623. The van der Waals surface area contributed by atoms with E-state index in [-0.39, 0.29) is 11.4 Å². The molecule has 1 N–H and O–H groups in total. The Balaban J connectivity index is 2.31. The lowest BCUT2D eigenvalue weighted by atomic mass is 10.1. The van der Waals surface area contributed by atoms with Gasteiger partial charge in [-0.15, -0.1) is 5.10 Å². The van der Waals surface area contributed by atoms with E-state index >= 15 is 0 Å². The standard InChI is InChI=1S/C11H12ClN3O/c1-2-16-9(8-6-4-3-5-7-8)10-13-11(12)15-14-10/h3-7,9H,2H2,1H3,(H,13,14,15). The minimum absolute atomic E-state index is 0.204. The van der Waals surface area contributed by atoms with Gasteiger partial charge in [0.2, 0.25) is 5.28 Å².